The molecule has 132 valence electrons. The molecule has 0 aliphatic carbocycles. The highest BCUT2D eigenvalue weighted by molar-refractivity contribution is 5.95. The first-order valence-corrected chi connectivity index (χ1v) is 8.36. The third-order valence-electron chi connectivity index (χ3n) is 4.11. The summed E-state index contributed by atoms with van der Waals surface area (Å²) in [4.78, 5) is 23.4. The molecule has 5 heteroatoms. The summed E-state index contributed by atoms with van der Waals surface area (Å²) in [6.07, 6.45) is 0. The topological polar surface area (TPSA) is 62.8 Å². The van der Waals surface area contributed by atoms with Crippen molar-refractivity contribution in [2.24, 2.45) is 5.92 Å². The lowest BCUT2D eigenvalue weighted by atomic mass is 9.96. The van der Waals surface area contributed by atoms with Gasteiger partial charge in [-0.15, -0.1) is 0 Å². The Kier molecular flexibility index (Phi) is 6.42. The molecular weight excluding hydrogens is 319 g/mol. The predicted molar refractivity (Wildman–Crippen MR) is 95.8 cm³/mol. The first-order chi connectivity index (χ1) is 11.9. The third-order valence-corrected chi connectivity index (χ3v) is 4.11. The molecule has 0 aliphatic rings. The quantitative estimate of drug-likeness (QED) is 0.759. The van der Waals surface area contributed by atoms with Crippen LogP contribution in [-0.4, -0.2) is 18.2 Å². The molecule has 0 heterocycles. The van der Waals surface area contributed by atoms with Gasteiger partial charge in [0.1, 0.15) is 11.9 Å². The smallest absolute Gasteiger partial charge is 0.279 e. The van der Waals surface area contributed by atoms with Crippen molar-refractivity contribution in [3.63, 3.8) is 0 Å². The minimum atomic E-state index is -0.266. The molecule has 4 nitrogen and oxygen atoms in total. The number of carbonyl (C=O) groups is 2. The molecule has 3 N–H and O–H groups in total. The number of rotatable bonds is 7. The summed E-state index contributed by atoms with van der Waals surface area (Å²) in [7, 11) is 0. The van der Waals surface area contributed by atoms with Crippen molar-refractivity contribution in [1.82, 2.24) is 0 Å². The fourth-order valence-electron chi connectivity index (χ4n) is 2.71. The molecule has 0 saturated carbocycles. The van der Waals surface area contributed by atoms with Crippen LogP contribution in [0.5, 0.6) is 0 Å². The van der Waals surface area contributed by atoms with Gasteiger partial charge in [-0.05, 0) is 43.3 Å². The number of nitrogens with two attached hydrogens (primary N) is 1. The Bertz CT molecular complexity index is 724. The number of Topliss-reactive ketones (excluding diaryl/α,β-unsaturated/α-hetero) is 1. The van der Waals surface area contributed by atoms with Crippen LogP contribution in [0.25, 0.3) is 0 Å². The molecule has 1 atom stereocenters. The molecule has 25 heavy (non-hydrogen) atoms. The van der Waals surface area contributed by atoms with Crippen molar-refractivity contribution in [2.75, 3.05) is 11.9 Å². The van der Waals surface area contributed by atoms with Crippen molar-refractivity contribution >= 4 is 17.4 Å². The summed E-state index contributed by atoms with van der Waals surface area (Å²) in [6, 6.07) is 13.3. The second-order valence-corrected chi connectivity index (χ2v) is 6.44. The molecule has 2 aromatic carbocycles. The zero-order valence-corrected chi connectivity index (χ0v) is 14.8. The van der Waals surface area contributed by atoms with Crippen LogP contribution in [0.3, 0.4) is 0 Å². The largest absolute Gasteiger partial charge is 0.332 e. The molecular formula is C20H24FN2O2+. The van der Waals surface area contributed by atoms with Gasteiger partial charge in [0.2, 0.25) is 0 Å². The molecule has 1 amide bonds. The van der Waals surface area contributed by atoms with E-state index < -0.39 is 0 Å². The van der Waals surface area contributed by atoms with Gasteiger partial charge < -0.3 is 10.6 Å². The summed E-state index contributed by atoms with van der Waals surface area (Å²) in [5, 5.41) is 4.78. The van der Waals surface area contributed by atoms with Crippen molar-refractivity contribution < 1.29 is 19.3 Å². The number of halogens is 1. The number of hydrogen-bond acceptors (Lipinski definition) is 2. The fourth-order valence-corrected chi connectivity index (χ4v) is 2.71. The predicted octanol–water partition coefficient (Wildman–Crippen LogP) is 2.93. The summed E-state index contributed by atoms with van der Waals surface area (Å²) < 4.78 is 13.1. The second-order valence-electron chi connectivity index (χ2n) is 6.44. The zero-order valence-electron chi connectivity index (χ0n) is 14.8. The zero-order chi connectivity index (χ0) is 18.4. The number of nitrogens with one attached hydrogen (secondary N) is 1. The highest BCUT2D eigenvalue weighted by atomic mass is 19.1. The van der Waals surface area contributed by atoms with Gasteiger partial charge in [0, 0.05) is 22.7 Å². The Labute approximate surface area is 147 Å². The van der Waals surface area contributed by atoms with E-state index in [0.717, 1.165) is 5.56 Å². The van der Waals surface area contributed by atoms with E-state index in [1.165, 1.54) is 19.1 Å². The average molecular weight is 343 g/mol. The molecule has 0 bridgehead atoms. The van der Waals surface area contributed by atoms with Crippen LogP contribution in [0.4, 0.5) is 10.1 Å². The fraction of sp³-hybridized carbons (Fsp3) is 0.300. The Morgan fingerprint density at radius 2 is 1.64 bits per heavy atom. The van der Waals surface area contributed by atoms with Crippen LogP contribution in [0.1, 0.15) is 42.7 Å². The Hall–Kier alpha value is -2.53. The monoisotopic (exact) mass is 343 g/mol. The van der Waals surface area contributed by atoms with Crippen LogP contribution in [0.15, 0.2) is 48.5 Å². The number of carbonyl (C=O) groups excluding carboxylic acids is 2. The summed E-state index contributed by atoms with van der Waals surface area (Å²) in [5.74, 6) is -0.0975. The van der Waals surface area contributed by atoms with Crippen LogP contribution in [0, 0.1) is 11.7 Å². The number of hydrogen-bond donors (Lipinski definition) is 2. The SMILES string of the molecule is CC(=O)c1ccc(NC(=O)C[NH2+][C@@H](c2ccc(F)cc2)C(C)C)cc1. The lowest BCUT2D eigenvalue weighted by Crippen LogP contribution is -2.88. The van der Waals surface area contributed by atoms with E-state index in [1.54, 1.807) is 36.4 Å². The first-order valence-electron chi connectivity index (χ1n) is 8.36. The maximum absolute atomic E-state index is 13.1. The number of amides is 1. The van der Waals surface area contributed by atoms with Gasteiger partial charge in [-0.1, -0.05) is 26.0 Å². The van der Waals surface area contributed by atoms with Gasteiger partial charge in [-0.25, -0.2) is 4.39 Å². The summed E-state index contributed by atoms with van der Waals surface area (Å²) in [5.41, 5.74) is 2.27. The molecule has 0 fully saturated rings. The van der Waals surface area contributed by atoms with E-state index in [0.29, 0.717) is 17.2 Å². The molecule has 0 aliphatic heterocycles. The Morgan fingerprint density at radius 1 is 1.04 bits per heavy atom. The second kappa shape index (κ2) is 8.53. The van der Waals surface area contributed by atoms with Gasteiger partial charge in [0.05, 0.1) is 0 Å². The van der Waals surface area contributed by atoms with E-state index in [9.17, 15) is 14.0 Å². The Morgan fingerprint density at radius 3 is 2.16 bits per heavy atom. The molecule has 0 aromatic heterocycles. The lowest BCUT2D eigenvalue weighted by molar-refractivity contribution is -0.692. The van der Waals surface area contributed by atoms with Crippen molar-refractivity contribution in [3.05, 3.63) is 65.5 Å². The number of quaternary nitrogens is 1. The van der Waals surface area contributed by atoms with Gasteiger partial charge in [0.25, 0.3) is 5.91 Å². The molecule has 0 unspecified atom stereocenters. The minimum absolute atomic E-state index is 0.00900. The minimum Gasteiger partial charge on any atom is -0.332 e. The molecule has 2 aromatic rings. The number of ketones is 1. The normalized spacial score (nSPS) is 12.0. The third kappa shape index (κ3) is 5.50. The molecule has 0 saturated heterocycles. The molecule has 0 spiro atoms. The van der Waals surface area contributed by atoms with E-state index in [1.807, 2.05) is 5.32 Å². The van der Waals surface area contributed by atoms with Gasteiger partial charge in [0.15, 0.2) is 12.3 Å². The average Bonchev–Trinajstić information content (AvgIpc) is 2.57. The summed E-state index contributed by atoms with van der Waals surface area (Å²) in [6.45, 7) is 5.91. The van der Waals surface area contributed by atoms with E-state index in [-0.39, 0.29) is 30.1 Å². The summed E-state index contributed by atoms with van der Waals surface area (Å²) >= 11 is 0. The van der Waals surface area contributed by atoms with Gasteiger partial charge >= 0.3 is 0 Å². The van der Waals surface area contributed by atoms with Crippen molar-refractivity contribution in [1.29, 1.82) is 0 Å². The number of anilines is 1. The lowest BCUT2D eigenvalue weighted by Gasteiger charge is -2.19. The van der Waals surface area contributed by atoms with Gasteiger partial charge in [-0.2, -0.15) is 0 Å². The highest BCUT2D eigenvalue weighted by Gasteiger charge is 2.20. The maximum atomic E-state index is 13.1. The molecule has 0 radical (unpaired) electrons. The first kappa shape index (κ1) is 18.8. The van der Waals surface area contributed by atoms with Crippen LogP contribution >= 0.6 is 0 Å². The van der Waals surface area contributed by atoms with Crippen LogP contribution in [-0.2, 0) is 4.79 Å². The maximum Gasteiger partial charge on any atom is 0.279 e. The van der Waals surface area contributed by atoms with Crippen molar-refractivity contribution in [2.45, 2.75) is 26.8 Å². The molecule has 2 rings (SSSR count). The number of benzene rings is 2. The van der Waals surface area contributed by atoms with Crippen molar-refractivity contribution in [3.8, 4) is 0 Å². The van der Waals surface area contributed by atoms with E-state index in [2.05, 4.69) is 19.2 Å². The standard InChI is InChI=1S/C20H23FN2O2/c1-13(2)20(16-4-8-17(21)9-5-16)22-12-19(25)23-18-10-6-15(7-11-18)14(3)24/h4-11,13,20,22H,12H2,1-3H3,(H,23,25)/p+1/t20-/m1/s1. The van der Waals surface area contributed by atoms with E-state index >= 15 is 0 Å². The highest BCUT2D eigenvalue weighted by Crippen LogP contribution is 2.17. The van der Waals surface area contributed by atoms with Gasteiger partial charge in [-0.3, -0.25) is 9.59 Å². The van der Waals surface area contributed by atoms with E-state index in [4.69, 9.17) is 0 Å². The Balaban J connectivity index is 1.94. The van der Waals surface area contributed by atoms with Crippen LogP contribution in [0.2, 0.25) is 0 Å². The van der Waals surface area contributed by atoms with Crippen LogP contribution < -0.4 is 10.6 Å².